The maximum Gasteiger partial charge on any atom is 0.255 e. The zero-order valence-corrected chi connectivity index (χ0v) is 13.8. The van der Waals surface area contributed by atoms with Crippen LogP contribution in [0.3, 0.4) is 0 Å². The monoisotopic (exact) mass is 334 g/mol. The lowest BCUT2D eigenvalue weighted by Gasteiger charge is -2.13. The number of halogens is 1. The van der Waals surface area contributed by atoms with Gasteiger partial charge in [-0.05, 0) is 50.2 Å². The molecule has 1 amide bonds. The minimum Gasteiger partial charge on any atom is -0.490 e. The number of anilines is 2. The van der Waals surface area contributed by atoms with Gasteiger partial charge in [0.15, 0.2) is 11.5 Å². The summed E-state index contributed by atoms with van der Waals surface area (Å²) in [4.78, 5) is 12.4. The lowest BCUT2D eigenvalue weighted by atomic mass is 10.1. The molecule has 0 fully saturated rings. The number of nitrogens with two attached hydrogens (primary N) is 1. The summed E-state index contributed by atoms with van der Waals surface area (Å²) in [5.74, 6) is 0.853. The molecular formula is C17H19ClN2O3. The number of carbonyl (C=O) groups excluding carboxylic acids is 1. The molecule has 6 heteroatoms. The van der Waals surface area contributed by atoms with Gasteiger partial charge in [-0.2, -0.15) is 0 Å². The Morgan fingerprint density at radius 1 is 1.09 bits per heavy atom. The van der Waals surface area contributed by atoms with E-state index in [1.165, 1.54) is 0 Å². The lowest BCUT2D eigenvalue weighted by molar-refractivity contribution is 0.102. The molecule has 2 aromatic carbocycles. The van der Waals surface area contributed by atoms with E-state index in [-0.39, 0.29) is 5.91 Å². The summed E-state index contributed by atoms with van der Waals surface area (Å²) < 4.78 is 11.0. The molecule has 2 aromatic rings. The first-order chi connectivity index (χ1) is 11.0. The first kappa shape index (κ1) is 17.0. The maximum absolute atomic E-state index is 12.4. The lowest BCUT2D eigenvalue weighted by Crippen LogP contribution is -2.13. The molecule has 2 rings (SSSR count). The zero-order valence-electron chi connectivity index (χ0n) is 13.1. The minimum absolute atomic E-state index is 0.289. The van der Waals surface area contributed by atoms with Crippen LogP contribution >= 0.6 is 11.6 Å². The van der Waals surface area contributed by atoms with E-state index in [1.807, 2.05) is 13.8 Å². The van der Waals surface area contributed by atoms with Gasteiger partial charge < -0.3 is 20.5 Å². The Bertz CT molecular complexity index is 704. The van der Waals surface area contributed by atoms with E-state index >= 15 is 0 Å². The summed E-state index contributed by atoms with van der Waals surface area (Å²) in [6, 6.07) is 9.95. The molecule has 0 saturated heterocycles. The van der Waals surface area contributed by atoms with Crippen LogP contribution in [0.5, 0.6) is 11.5 Å². The van der Waals surface area contributed by atoms with E-state index in [9.17, 15) is 4.79 Å². The Labute approximate surface area is 140 Å². The average Bonchev–Trinajstić information content (AvgIpc) is 2.52. The smallest absolute Gasteiger partial charge is 0.255 e. The van der Waals surface area contributed by atoms with Crippen molar-refractivity contribution in [2.75, 3.05) is 24.3 Å². The van der Waals surface area contributed by atoms with E-state index in [2.05, 4.69) is 5.32 Å². The van der Waals surface area contributed by atoms with Gasteiger partial charge in [-0.15, -0.1) is 0 Å². The predicted octanol–water partition coefficient (Wildman–Crippen LogP) is 3.97. The van der Waals surface area contributed by atoms with Crippen LogP contribution in [0, 0.1) is 0 Å². The molecule has 0 atom stereocenters. The molecule has 122 valence electrons. The van der Waals surface area contributed by atoms with Crippen LogP contribution in [0.25, 0.3) is 0 Å². The van der Waals surface area contributed by atoms with Crippen molar-refractivity contribution in [3.05, 3.63) is 47.0 Å². The van der Waals surface area contributed by atoms with E-state index in [1.54, 1.807) is 36.4 Å². The fourth-order valence-corrected chi connectivity index (χ4v) is 2.21. The molecule has 0 bridgehead atoms. The largest absolute Gasteiger partial charge is 0.490 e. The van der Waals surface area contributed by atoms with Gasteiger partial charge in [0.05, 0.1) is 24.6 Å². The average molecular weight is 335 g/mol. The van der Waals surface area contributed by atoms with Crippen LogP contribution in [-0.2, 0) is 0 Å². The molecule has 0 heterocycles. The summed E-state index contributed by atoms with van der Waals surface area (Å²) in [7, 11) is 0. The van der Waals surface area contributed by atoms with E-state index in [4.69, 9.17) is 26.8 Å². The first-order valence-electron chi connectivity index (χ1n) is 7.31. The number of hydrogen-bond donors (Lipinski definition) is 2. The number of carbonyl (C=O) groups is 1. The molecule has 23 heavy (non-hydrogen) atoms. The quantitative estimate of drug-likeness (QED) is 0.784. The van der Waals surface area contributed by atoms with Gasteiger partial charge >= 0.3 is 0 Å². The van der Waals surface area contributed by atoms with Gasteiger partial charge in [0.2, 0.25) is 0 Å². The SMILES string of the molecule is CCOc1ccc(C(=O)Nc2ccc(Cl)cc2N)cc1OCC. The van der Waals surface area contributed by atoms with Crippen molar-refractivity contribution in [1.82, 2.24) is 0 Å². The fourth-order valence-electron chi connectivity index (χ4n) is 2.03. The number of ether oxygens (including phenoxy) is 2. The molecule has 3 N–H and O–H groups in total. The van der Waals surface area contributed by atoms with Gasteiger partial charge in [0, 0.05) is 10.6 Å². The second-order valence-electron chi connectivity index (χ2n) is 4.71. The Morgan fingerprint density at radius 3 is 2.43 bits per heavy atom. The Hall–Kier alpha value is -2.40. The predicted molar refractivity (Wildman–Crippen MR) is 92.6 cm³/mol. The highest BCUT2D eigenvalue weighted by Crippen LogP contribution is 2.29. The van der Waals surface area contributed by atoms with Crippen molar-refractivity contribution in [2.45, 2.75) is 13.8 Å². The molecule has 0 aromatic heterocycles. The van der Waals surface area contributed by atoms with Gasteiger partial charge in [-0.3, -0.25) is 4.79 Å². The maximum atomic E-state index is 12.4. The van der Waals surface area contributed by atoms with Crippen molar-refractivity contribution in [3.8, 4) is 11.5 Å². The Kier molecular flexibility index (Phi) is 5.71. The number of amides is 1. The highest BCUT2D eigenvalue weighted by Gasteiger charge is 2.13. The zero-order chi connectivity index (χ0) is 16.8. The highest BCUT2D eigenvalue weighted by atomic mass is 35.5. The third-order valence-electron chi connectivity index (χ3n) is 3.07. The summed E-state index contributed by atoms with van der Waals surface area (Å²) in [5, 5.41) is 3.27. The van der Waals surface area contributed by atoms with Crippen LogP contribution in [0.1, 0.15) is 24.2 Å². The van der Waals surface area contributed by atoms with Crippen LogP contribution in [-0.4, -0.2) is 19.1 Å². The molecule has 0 aliphatic carbocycles. The molecule has 0 unspecified atom stereocenters. The van der Waals surface area contributed by atoms with Crippen molar-refractivity contribution < 1.29 is 14.3 Å². The second kappa shape index (κ2) is 7.74. The number of nitrogens with one attached hydrogen (secondary N) is 1. The molecule has 0 aliphatic heterocycles. The van der Waals surface area contributed by atoms with Crippen LogP contribution in [0.2, 0.25) is 5.02 Å². The Morgan fingerprint density at radius 2 is 1.78 bits per heavy atom. The van der Waals surface area contributed by atoms with E-state index in [0.717, 1.165) is 0 Å². The standard InChI is InChI=1S/C17H19ClN2O3/c1-3-22-15-8-5-11(9-16(15)23-4-2)17(21)20-14-7-6-12(18)10-13(14)19/h5-10H,3-4,19H2,1-2H3,(H,20,21). The molecule has 0 spiro atoms. The van der Waals surface area contributed by atoms with Crippen molar-refractivity contribution in [3.63, 3.8) is 0 Å². The number of benzene rings is 2. The second-order valence-corrected chi connectivity index (χ2v) is 5.15. The van der Waals surface area contributed by atoms with Gasteiger partial charge in [0.1, 0.15) is 0 Å². The van der Waals surface area contributed by atoms with Crippen molar-refractivity contribution in [2.24, 2.45) is 0 Å². The summed E-state index contributed by atoms with van der Waals surface area (Å²) >= 11 is 5.85. The molecule has 0 radical (unpaired) electrons. The van der Waals surface area contributed by atoms with Crippen LogP contribution in [0.4, 0.5) is 11.4 Å². The van der Waals surface area contributed by atoms with Crippen molar-refractivity contribution >= 4 is 28.9 Å². The fraction of sp³-hybridized carbons (Fsp3) is 0.235. The van der Waals surface area contributed by atoms with Gasteiger partial charge in [-0.1, -0.05) is 11.6 Å². The van der Waals surface area contributed by atoms with Crippen LogP contribution < -0.4 is 20.5 Å². The normalized spacial score (nSPS) is 10.2. The first-order valence-corrected chi connectivity index (χ1v) is 7.69. The minimum atomic E-state index is -0.289. The molecule has 0 aliphatic rings. The number of rotatable bonds is 6. The van der Waals surface area contributed by atoms with Gasteiger partial charge in [0.25, 0.3) is 5.91 Å². The molecular weight excluding hydrogens is 316 g/mol. The van der Waals surface area contributed by atoms with E-state index in [0.29, 0.717) is 46.7 Å². The highest BCUT2D eigenvalue weighted by molar-refractivity contribution is 6.31. The number of hydrogen-bond acceptors (Lipinski definition) is 4. The van der Waals surface area contributed by atoms with Crippen LogP contribution in [0.15, 0.2) is 36.4 Å². The molecule has 0 saturated carbocycles. The van der Waals surface area contributed by atoms with Crippen molar-refractivity contribution in [1.29, 1.82) is 0 Å². The third-order valence-corrected chi connectivity index (χ3v) is 3.30. The Balaban J connectivity index is 2.23. The van der Waals surface area contributed by atoms with Gasteiger partial charge in [-0.25, -0.2) is 0 Å². The van der Waals surface area contributed by atoms with E-state index < -0.39 is 0 Å². The summed E-state index contributed by atoms with van der Waals surface area (Å²) in [6.07, 6.45) is 0. The number of nitrogen functional groups attached to an aromatic ring is 1. The molecule has 5 nitrogen and oxygen atoms in total. The summed E-state index contributed by atoms with van der Waals surface area (Å²) in [5.41, 5.74) is 7.21. The summed E-state index contributed by atoms with van der Waals surface area (Å²) in [6.45, 7) is 4.76. The third kappa shape index (κ3) is 4.29. The topological polar surface area (TPSA) is 73.6 Å².